The highest BCUT2D eigenvalue weighted by molar-refractivity contribution is 7.92. The fraction of sp³-hybridized carbons (Fsp3) is 0.172. The number of nitro groups is 1. The van der Waals surface area contributed by atoms with Crippen LogP contribution in [0.4, 0.5) is 11.4 Å². The summed E-state index contributed by atoms with van der Waals surface area (Å²) in [6, 6.07) is 20.7. The fourth-order valence-corrected chi connectivity index (χ4v) is 5.98. The van der Waals surface area contributed by atoms with Crippen LogP contribution in [0, 0.1) is 37.8 Å². The molecule has 4 aromatic rings. The Balaban J connectivity index is 1.58. The molecule has 0 fully saturated rings. The summed E-state index contributed by atoms with van der Waals surface area (Å²) in [5, 5.41) is 15.2. The molecule has 0 aliphatic rings. The number of aryl methyl sites for hydroxylation is 3. The van der Waals surface area contributed by atoms with Crippen molar-refractivity contribution < 1.29 is 18.1 Å². The van der Waals surface area contributed by atoms with E-state index in [0.717, 1.165) is 38.1 Å². The van der Waals surface area contributed by atoms with E-state index in [-0.39, 0.29) is 16.3 Å². The Bertz CT molecular complexity index is 1670. The van der Waals surface area contributed by atoms with E-state index >= 15 is 0 Å². The van der Waals surface area contributed by atoms with E-state index < -0.39 is 27.4 Å². The van der Waals surface area contributed by atoms with E-state index in [1.807, 2.05) is 26.0 Å². The largest absolute Gasteiger partial charge is 0.317 e. The third-order valence-corrected chi connectivity index (χ3v) is 8.28. The van der Waals surface area contributed by atoms with E-state index in [0.29, 0.717) is 0 Å². The lowest BCUT2D eigenvalue weighted by Crippen LogP contribution is -2.39. The van der Waals surface area contributed by atoms with Gasteiger partial charge in [0.2, 0.25) is 0 Å². The molecule has 0 unspecified atom stereocenters. The van der Waals surface area contributed by atoms with E-state index in [2.05, 4.69) is 41.1 Å². The van der Waals surface area contributed by atoms with Crippen LogP contribution in [-0.4, -0.2) is 36.6 Å². The minimum Gasteiger partial charge on any atom is -0.317 e. The molecular weight excluding hydrogens is 530 g/mol. The van der Waals surface area contributed by atoms with Gasteiger partial charge in [0, 0.05) is 29.1 Å². The molecule has 40 heavy (non-hydrogen) atoms. The van der Waals surface area contributed by atoms with Crippen LogP contribution in [0.3, 0.4) is 0 Å². The first-order valence-corrected chi connectivity index (χ1v) is 13.8. The Morgan fingerprint density at radius 3 is 2.20 bits per heavy atom. The molecule has 0 atom stereocenters. The zero-order valence-corrected chi connectivity index (χ0v) is 23.3. The van der Waals surface area contributed by atoms with Gasteiger partial charge in [-0.25, -0.2) is 13.8 Å². The zero-order valence-electron chi connectivity index (χ0n) is 22.5. The Morgan fingerprint density at radius 1 is 0.975 bits per heavy atom. The Hall–Kier alpha value is -4.77. The first kappa shape index (κ1) is 28.2. The highest BCUT2D eigenvalue weighted by atomic mass is 32.2. The molecule has 4 rings (SSSR count). The molecule has 1 heterocycles. The molecule has 0 saturated heterocycles. The van der Waals surface area contributed by atoms with Crippen LogP contribution in [-0.2, 0) is 14.8 Å². The minimum atomic E-state index is -4.16. The van der Waals surface area contributed by atoms with E-state index in [9.17, 15) is 23.3 Å². The molecule has 0 aliphatic carbocycles. The van der Waals surface area contributed by atoms with Crippen molar-refractivity contribution in [1.82, 2.24) is 9.99 Å². The van der Waals surface area contributed by atoms with E-state index in [4.69, 9.17) is 0 Å². The number of carbonyl (C=O) groups excluding carboxylic acids is 1. The van der Waals surface area contributed by atoms with Crippen LogP contribution >= 0.6 is 0 Å². The summed E-state index contributed by atoms with van der Waals surface area (Å²) >= 11 is 0. The van der Waals surface area contributed by atoms with Crippen LogP contribution < -0.4 is 9.73 Å². The minimum absolute atomic E-state index is 0.0245. The molecule has 0 aliphatic heterocycles. The van der Waals surface area contributed by atoms with Gasteiger partial charge >= 0.3 is 0 Å². The zero-order chi connectivity index (χ0) is 29.0. The van der Waals surface area contributed by atoms with Crippen molar-refractivity contribution >= 4 is 33.5 Å². The second-order valence-electron chi connectivity index (χ2n) is 9.29. The molecule has 1 aromatic heterocycles. The summed E-state index contributed by atoms with van der Waals surface area (Å²) in [7, 11) is -4.16. The predicted molar refractivity (Wildman–Crippen MR) is 155 cm³/mol. The smallest absolute Gasteiger partial charge is 0.269 e. The van der Waals surface area contributed by atoms with Gasteiger partial charge < -0.3 is 4.57 Å². The number of amides is 1. The average Bonchev–Trinajstić information content (AvgIpc) is 3.20. The highest BCUT2D eigenvalue weighted by Gasteiger charge is 2.27. The third kappa shape index (κ3) is 5.79. The van der Waals surface area contributed by atoms with Crippen LogP contribution in [0.25, 0.3) is 5.69 Å². The lowest BCUT2D eigenvalue weighted by Gasteiger charge is -2.23. The SMILES string of the molecule is Cc1cccc(C)c1-n1c(C)cc(/C=N\NC(=O)CN(c2ccc([N+](=O)[O-])cc2)S(=O)(=O)c2ccccc2)c1C. The second kappa shape index (κ2) is 11.5. The molecule has 0 radical (unpaired) electrons. The number of benzene rings is 3. The van der Waals surface area contributed by atoms with Gasteiger partial charge in [0.25, 0.3) is 21.6 Å². The first-order valence-electron chi connectivity index (χ1n) is 12.4. The summed E-state index contributed by atoms with van der Waals surface area (Å²) < 4.78 is 29.9. The van der Waals surface area contributed by atoms with Gasteiger partial charge in [-0.05, 0) is 69.2 Å². The van der Waals surface area contributed by atoms with Crippen molar-refractivity contribution in [3.63, 3.8) is 0 Å². The van der Waals surface area contributed by atoms with Gasteiger partial charge in [0.05, 0.1) is 27.4 Å². The number of hydrogen-bond acceptors (Lipinski definition) is 6. The molecule has 0 saturated carbocycles. The number of nitro benzene ring substituents is 1. The van der Waals surface area contributed by atoms with Gasteiger partial charge in [0.1, 0.15) is 6.54 Å². The standard InChI is InChI=1S/C29H29N5O5S/c1-20-9-8-10-21(2)29(20)33-22(3)17-24(23(33)4)18-30-31-28(35)19-32(25-13-15-26(16-14-25)34(36)37)40(38,39)27-11-6-5-7-12-27/h5-18H,19H2,1-4H3,(H,31,35)/b30-18-. The highest BCUT2D eigenvalue weighted by Crippen LogP contribution is 2.27. The third-order valence-electron chi connectivity index (χ3n) is 6.49. The van der Waals surface area contributed by atoms with Crippen molar-refractivity contribution in [2.45, 2.75) is 32.6 Å². The maximum absolute atomic E-state index is 13.4. The molecule has 10 nitrogen and oxygen atoms in total. The summed E-state index contributed by atoms with van der Waals surface area (Å²) in [6.07, 6.45) is 1.52. The number of non-ortho nitro benzene ring substituents is 1. The van der Waals surface area contributed by atoms with Crippen LogP contribution in [0.2, 0.25) is 0 Å². The molecule has 1 N–H and O–H groups in total. The maximum Gasteiger partial charge on any atom is 0.269 e. The maximum atomic E-state index is 13.4. The molecule has 0 bridgehead atoms. The number of para-hydroxylation sites is 1. The number of aromatic nitrogens is 1. The Labute approximate surface area is 232 Å². The van der Waals surface area contributed by atoms with Crippen LogP contribution in [0.15, 0.2) is 88.9 Å². The fourth-order valence-electron chi connectivity index (χ4n) is 4.54. The second-order valence-corrected chi connectivity index (χ2v) is 11.2. The van der Waals surface area contributed by atoms with Crippen LogP contribution in [0.1, 0.15) is 28.1 Å². The van der Waals surface area contributed by atoms with Gasteiger partial charge in [0.15, 0.2) is 0 Å². The lowest BCUT2D eigenvalue weighted by atomic mass is 10.1. The molecule has 206 valence electrons. The number of hydrogen-bond donors (Lipinski definition) is 1. The van der Waals surface area contributed by atoms with E-state index in [1.165, 1.54) is 42.6 Å². The number of carbonyl (C=O) groups is 1. The summed E-state index contributed by atoms with van der Waals surface area (Å²) in [4.78, 5) is 23.4. The Kier molecular flexibility index (Phi) is 8.15. The number of anilines is 1. The number of sulfonamides is 1. The van der Waals surface area contributed by atoms with Crippen molar-refractivity contribution in [1.29, 1.82) is 0 Å². The molecule has 1 amide bonds. The molecule has 11 heteroatoms. The summed E-state index contributed by atoms with van der Waals surface area (Å²) in [6.45, 7) is 7.47. The topological polar surface area (TPSA) is 127 Å². The molecule has 3 aromatic carbocycles. The monoisotopic (exact) mass is 559 g/mol. The van der Waals surface area contributed by atoms with Crippen molar-refractivity contribution in [2.24, 2.45) is 5.10 Å². The summed E-state index contributed by atoms with van der Waals surface area (Å²) in [5.41, 5.74) is 8.39. The predicted octanol–water partition coefficient (Wildman–Crippen LogP) is 4.96. The quantitative estimate of drug-likeness (QED) is 0.176. The number of rotatable bonds is 9. The first-order chi connectivity index (χ1) is 19.0. The Morgan fingerprint density at radius 2 is 1.60 bits per heavy atom. The number of hydrazone groups is 1. The molecular formula is C29H29N5O5S. The van der Waals surface area contributed by atoms with Gasteiger partial charge in [-0.3, -0.25) is 19.2 Å². The normalized spacial score (nSPS) is 11.5. The number of nitrogens with zero attached hydrogens (tertiary/aromatic N) is 4. The van der Waals surface area contributed by atoms with E-state index in [1.54, 1.807) is 18.2 Å². The van der Waals surface area contributed by atoms with Gasteiger partial charge in [-0.15, -0.1) is 0 Å². The number of nitrogens with one attached hydrogen (secondary N) is 1. The lowest BCUT2D eigenvalue weighted by molar-refractivity contribution is -0.384. The van der Waals surface area contributed by atoms with Gasteiger partial charge in [-0.1, -0.05) is 36.4 Å². The summed E-state index contributed by atoms with van der Waals surface area (Å²) in [5.74, 6) is -0.683. The van der Waals surface area contributed by atoms with Crippen molar-refractivity contribution in [2.75, 3.05) is 10.8 Å². The van der Waals surface area contributed by atoms with Crippen molar-refractivity contribution in [3.8, 4) is 5.69 Å². The average molecular weight is 560 g/mol. The van der Waals surface area contributed by atoms with Crippen LogP contribution in [0.5, 0.6) is 0 Å². The molecule has 0 spiro atoms. The van der Waals surface area contributed by atoms with Crippen molar-refractivity contribution in [3.05, 3.63) is 117 Å². The van der Waals surface area contributed by atoms with Gasteiger partial charge in [-0.2, -0.15) is 5.10 Å².